The summed E-state index contributed by atoms with van der Waals surface area (Å²) in [5.74, 6) is -0.164. The third kappa shape index (κ3) is 6.11. The van der Waals surface area contributed by atoms with E-state index in [2.05, 4.69) is 105 Å². The third-order valence-electron chi connectivity index (χ3n) is 7.83. The van der Waals surface area contributed by atoms with Gasteiger partial charge < -0.3 is 14.9 Å². The zero-order chi connectivity index (χ0) is 30.2. The van der Waals surface area contributed by atoms with E-state index in [1.54, 1.807) is 0 Å². The van der Waals surface area contributed by atoms with E-state index < -0.39 is 5.54 Å². The van der Waals surface area contributed by atoms with Crippen molar-refractivity contribution in [3.63, 3.8) is 0 Å². The van der Waals surface area contributed by atoms with Crippen LogP contribution in [0.1, 0.15) is 34.4 Å². The number of hydrogen-bond donors (Lipinski definition) is 4. The summed E-state index contributed by atoms with van der Waals surface area (Å²) >= 11 is 5.38. The summed E-state index contributed by atoms with van der Waals surface area (Å²) in [6.07, 6.45) is 7.78. The number of carbonyl (C=O) groups excluding carboxylic acids is 1. The summed E-state index contributed by atoms with van der Waals surface area (Å²) in [6, 6.07) is 39.6. The van der Waals surface area contributed by atoms with Crippen molar-refractivity contribution < 1.29 is 4.79 Å². The molecule has 0 spiro atoms. The molecule has 2 heterocycles. The number of imidazole rings is 1. The molecule has 2 aromatic heterocycles. The average molecular weight is 599 g/mol. The van der Waals surface area contributed by atoms with Crippen LogP contribution in [0.5, 0.6) is 0 Å². The number of rotatable bonds is 10. The number of amides is 1. The van der Waals surface area contributed by atoms with Gasteiger partial charge in [-0.15, -0.1) is 0 Å². The number of benzene rings is 4. The molecule has 0 aliphatic rings. The third-order valence-corrected chi connectivity index (χ3v) is 8.08. The Hall–Kier alpha value is -5.21. The molecule has 6 aromatic rings. The largest absolute Gasteiger partial charge is 0.361 e. The summed E-state index contributed by atoms with van der Waals surface area (Å²) in [5.41, 5.74) is 11.3. The smallest absolute Gasteiger partial charge is 0.242 e. The zero-order valence-corrected chi connectivity index (χ0v) is 25.1. The maximum Gasteiger partial charge on any atom is 0.242 e. The van der Waals surface area contributed by atoms with Crippen molar-refractivity contribution in [2.75, 3.05) is 6.54 Å². The van der Waals surface area contributed by atoms with E-state index in [9.17, 15) is 4.79 Å². The van der Waals surface area contributed by atoms with Gasteiger partial charge in [0.25, 0.3) is 0 Å². The number of aryl methyl sites for hydroxylation is 1. The van der Waals surface area contributed by atoms with Crippen LogP contribution in [0.4, 0.5) is 0 Å². The van der Waals surface area contributed by atoms with Crippen LogP contribution in [-0.4, -0.2) is 32.1 Å². The van der Waals surface area contributed by atoms with Gasteiger partial charge in [-0.3, -0.25) is 15.6 Å². The Kier molecular flexibility index (Phi) is 8.80. The molecule has 0 aliphatic carbocycles. The fourth-order valence-electron chi connectivity index (χ4n) is 5.80. The Labute approximate surface area is 262 Å². The Morgan fingerprint density at radius 1 is 0.795 bits per heavy atom. The van der Waals surface area contributed by atoms with Crippen LogP contribution >= 0.6 is 12.2 Å². The normalized spacial score (nSPS) is 11.3. The lowest BCUT2D eigenvalue weighted by molar-refractivity contribution is -0.121. The van der Waals surface area contributed by atoms with Gasteiger partial charge in [-0.1, -0.05) is 109 Å². The number of aromatic amines is 1. The number of para-hydroxylation sites is 1. The number of nitrogens with zero attached hydrogens (tertiary/aromatic N) is 2. The first kappa shape index (κ1) is 28.9. The van der Waals surface area contributed by atoms with Crippen LogP contribution in [0.3, 0.4) is 0 Å². The highest BCUT2D eigenvalue weighted by Gasteiger charge is 2.38. The maximum absolute atomic E-state index is 12.5. The molecule has 1 amide bonds. The topological polar surface area (TPSA) is 86.8 Å². The highest BCUT2D eigenvalue weighted by molar-refractivity contribution is 7.80. The molecule has 44 heavy (non-hydrogen) atoms. The van der Waals surface area contributed by atoms with Crippen molar-refractivity contribution in [2.24, 2.45) is 0 Å². The molecule has 0 saturated carbocycles. The van der Waals surface area contributed by atoms with Crippen molar-refractivity contribution >= 4 is 34.1 Å². The number of carbonyl (C=O) groups is 1. The SMILES string of the molecule is O=C(Cc1c[nH]c2ccccc12)NNC(=S)NCCCc1cn(C(c2ccccc2)(c2ccccc2)c2ccccc2)cn1. The number of nitrogens with one attached hydrogen (secondary N) is 4. The lowest BCUT2D eigenvalue weighted by Gasteiger charge is -2.37. The minimum Gasteiger partial charge on any atom is -0.361 e. The van der Waals surface area contributed by atoms with Crippen molar-refractivity contribution in [1.29, 1.82) is 0 Å². The lowest BCUT2D eigenvalue weighted by Crippen LogP contribution is -2.47. The number of thiocarbonyl (C=S) groups is 1. The number of hydrogen-bond acceptors (Lipinski definition) is 3. The minimum absolute atomic E-state index is 0.164. The minimum atomic E-state index is -0.580. The Morgan fingerprint density at radius 3 is 2.02 bits per heavy atom. The van der Waals surface area contributed by atoms with E-state index in [-0.39, 0.29) is 12.3 Å². The first-order valence-electron chi connectivity index (χ1n) is 14.7. The maximum atomic E-state index is 12.5. The van der Waals surface area contributed by atoms with E-state index in [1.165, 1.54) is 0 Å². The molecule has 7 nitrogen and oxygen atoms in total. The highest BCUT2D eigenvalue weighted by Crippen LogP contribution is 2.40. The van der Waals surface area contributed by atoms with Crippen LogP contribution < -0.4 is 16.2 Å². The van der Waals surface area contributed by atoms with Gasteiger partial charge in [-0.25, -0.2) is 4.98 Å². The molecule has 0 aliphatic heterocycles. The summed E-state index contributed by atoms with van der Waals surface area (Å²) in [5, 5.41) is 4.59. The standard InChI is InChI=1S/C36H34N6OS/c43-34(23-27-24-38-33-21-11-10-20-32(27)33)40-41-35(44)37-22-12-19-31-25-42(26-39-31)36(28-13-4-1-5-14-28,29-15-6-2-7-16-29)30-17-8-3-9-18-30/h1-11,13-18,20-21,24-26,38H,12,19,22-23H2,(H,40,43)(H2,37,41,44). The van der Waals surface area contributed by atoms with Gasteiger partial charge in [0.05, 0.1) is 18.4 Å². The average Bonchev–Trinajstić information content (AvgIpc) is 3.72. The molecule has 0 unspecified atom stereocenters. The monoisotopic (exact) mass is 598 g/mol. The van der Waals surface area contributed by atoms with Crippen molar-refractivity contribution in [1.82, 2.24) is 30.7 Å². The zero-order valence-electron chi connectivity index (χ0n) is 24.2. The van der Waals surface area contributed by atoms with Crippen molar-refractivity contribution in [2.45, 2.75) is 24.8 Å². The van der Waals surface area contributed by atoms with Gasteiger partial charge in [-0.2, -0.15) is 0 Å². The van der Waals surface area contributed by atoms with Gasteiger partial charge in [0, 0.05) is 29.8 Å². The Morgan fingerprint density at radius 2 is 1.39 bits per heavy atom. The highest BCUT2D eigenvalue weighted by atomic mass is 32.1. The molecule has 220 valence electrons. The summed E-state index contributed by atoms with van der Waals surface area (Å²) in [6.45, 7) is 0.637. The Balaban J connectivity index is 1.08. The Bertz CT molecular complexity index is 1740. The fourth-order valence-corrected chi connectivity index (χ4v) is 5.95. The lowest BCUT2D eigenvalue weighted by atomic mass is 9.77. The number of hydrazine groups is 1. The van der Waals surface area contributed by atoms with Gasteiger partial charge in [-0.05, 0) is 53.4 Å². The van der Waals surface area contributed by atoms with E-state index >= 15 is 0 Å². The number of fused-ring (bicyclic) bond motifs is 1. The van der Waals surface area contributed by atoms with Gasteiger partial charge in [0.2, 0.25) is 5.91 Å². The van der Waals surface area contributed by atoms with Crippen LogP contribution in [0.15, 0.2) is 134 Å². The molecule has 4 aromatic carbocycles. The fraction of sp³-hybridized carbons (Fsp3) is 0.139. The first-order chi connectivity index (χ1) is 21.6. The molecule has 0 radical (unpaired) electrons. The molecule has 4 N–H and O–H groups in total. The second-order valence-electron chi connectivity index (χ2n) is 10.6. The second-order valence-corrected chi connectivity index (χ2v) is 11.1. The van der Waals surface area contributed by atoms with Crippen LogP contribution in [0, 0.1) is 0 Å². The molecule has 0 fully saturated rings. The van der Waals surface area contributed by atoms with Gasteiger partial charge in [0.15, 0.2) is 5.11 Å². The molecule has 0 saturated heterocycles. The molecular weight excluding hydrogens is 565 g/mol. The van der Waals surface area contributed by atoms with Gasteiger partial charge in [0.1, 0.15) is 5.54 Å². The van der Waals surface area contributed by atoms with Crippen LogP contribution in [-0.2, 0) is 23.2 Å². The molecule has 0 atom stereocenters. The molecule has 8 heteroatoms. The molecule has 0 bridgehead atoms. The molecule has 6 rings (SSSR count). The summed E-state index contributed by atoms with van der Waals surface area (Å²) in [4.78, 5) is 20.5. The van der Waals surface area contributed by atoms with E-state index in [4.69, 9.17) is 17.2 Å². The summed E-state index contributed by atoms with van der Waals surface area (Å²) in [7, 11) is 0. The van der Waals surface area contributed by atoms with Crippen molar-refractivity contribution in [3.8, 4) is 0 Å². The number of H-pyrrole nitrogens is 1. The molecular formula is C36H34N6OS. The predicted molar refractivity (Wildman–Crippen MR) is 179 cm³/mol. The van der Waals surface area contributed by atoms with Crippen LogP contribution in [0.25, 0.3) is 10.9 Å². The summed E-state index contributed by atoms with van der Waals surface area (Å²) < 4.78 is 2.23. The predicted octanol–water partition coefficient (Wildman–Crippen LogP) is 5.88. The van der Waals surface area contributed by atoms with E-state index in [0.29, 0.717) is 11.7 Å². The van der Waals surface area contributed by atoms with E-state index in [0.717, 1.165) is 51.7 Å². The van der Waals surface area contributed by atoms with Crippen molar-refractivity contribution in [3.05, 3.63) is 162 Å². The van der Waals surface area contributed by atoms with Gasteiger partial charge >= 0.3 is 0 Å². The quantitative estimate of drug-likeness (QED) is 0.0686. The van der Waals surface area contributed by atoms with Crippen LogP contribution in [0.2, 0.25) is 0 Å². The van der Waals surface area contributed by atoms with E-state index in [1.807, 2.05) is 55.0 Å². The number of aromatic nitrogens is 3. The first-order valence-corrected chi connectivity index (χ1v) is 15.1. The second kappa shape index (κ2) is 13.4.